The van der Waals surface area contributed by atoms with E-state index in [2.05, 4.69) is 30.6 Å². The molecule has 0 saturated carbocycles. The number of nitrogens with one attached hydrogen (secondary N) is 4. The van der Waals surface area contributed by atoms with Gasteiger partial charge in [-0.05, 0) is 18.2 Å². The van der Waals surface area contributed by atoms with Gasteiger partial charge >= 0.3 is 0 Å². The topological polar surface area (TPSA) is 139 Å². The Kier molecular flexibility index (Phi) is 5.75. The summed E-state index contributed by atoms with van der Waals surface area (Å²) in [6.07, 6.45) is 0. The van der Waals surface area contributed by atoms with Crippen molar-refractivity contribution in [3.63, 3.8) is 0 Å². The number of halogens is 1. The number of anilines is 4. The molecule has 2 heterocycles. The number of pyridine rings is 1. The van der Waals surface area contributed by atoms with Gasteiger partial charge in [0.25, 0.3) is 0 Å². The number of nitrogens with zero attached hydrogens (tertiary/aromatic N) is 3. The number of fused-ring (bicyclic) bond motifs is 1. The fraction of sp³-hybridized carbons (Fsp3) is 0.294. The Morgan fingerprint density at radius 2 is 1.90 bits per heavy atom. The lowest BCUT2D eigenvalue weighted by Gasteiger charge is -2.14. The van der Waals surface area contributed by atoms with E-state index < -0.39 is 15.8 Å². The second kappa shape index (κ2) is 8.09. The highest BCUT2D eigenvalue weighted by molar-refractivity contribution is 7.89. The van der Waals surface area contributed by atoms with E-state index in [0.717, 1.165) is 6.07 Å². The van der Waals surface area contributed by atoms with Crippen LogP contribution in [-0.2, 0) is 16.6 Å². The van der Waals surface area contributed by atoms with Crippen LogP contribution >= 0.6 is 0 Å². The second-order valence-corrected chi connectivity index (χ2v) is 7.88. The molecule has 10 nitrogen and oxygen atoms in total. The van der Waals surface area contributed by atoms with Gasteiger partial charge < -0.3 is 26.3 Å². The van der Waals surface area contributed by atoms with Crippen LogP contribution in [0.3, 0.4) is 0 Å². The van der Waals surface area contributed by atoms with Gasteiger partial charge in [0.15, 0.2) is 11.6 Å². The van der Waals surface area contributed by atoms with Crippen LogP contribution in [0.4, 0.5) is 27.7 Å². The molecule has 0 atom stereocenters. The maximum Gasteiger partial charge on any atom is 0.240 e. The summed E-state index contributed by atoms with van der Waals surface area (Å²) >= 11 is 0. The van der Waals surface area contributed by atoms with E-state index in [1.54, 1.807) is 25.7 Å². The zero-order valence-corrected chi connectivity index (χ0v) is 17.1. The predicted octanol–water partition coefficient (Wildman–Crippen LogP) is 1.26. The maximum atomic E-state index is 13.4. The molecule has 0 aliphatic carbocycles. The fourth-order valence-corrected chi connectivity index (χ4v) is 4.11. The van der Waals surface area contributed by atoms with Crippen LogP contribution in [0.25, 0.3) is 11.0 Å². The summed E-state index contributed by atoms with van der Waals surface area (Å²) in [4.78, 5) is 8.63. The largest absolute Gasteiger partial charge is 0.383 e. The molecule has 1 aromatic carbocycles. The summed E-state index contributed by atoms with van der Waals surface area (Å²) in [6.45, 7) is 0.307. The highest BCUT2D eigenvalue weighted by Crippen LogP contribution is 2.34. The third-order valence-corrected chi connectivity index (χ3v) is 5.82. The SMILES string of the molecule is CNc1nc(N)c2nc(NC)n(CCNS(=O)(=O)c3cccc(F)c3)c2c1NC. The van der Waals surface area contributed by atoms with E-state index >= 15 is 0 Å². The van der Waals surface area contributed by atoms with Gasteiger partial charge in [-0.3, -0.25) is 0 Å². The first-order valence-electron chi connectivity index (χ1n) is 8.80. The Labute approximate surface area is 167 Å². The van der Waals surface area contributed by atoms with E-state index in [4.69, 9.17) is 5.73 Å². The lowest BCUT2D eigenvalue weighted by atomic mass is 10.3. The average molecular weight is 422 g/mol. The second-order valence-electron chi connectivity index (χ2n) is 6.11. The third-order valence-electron chi connectivity index (χ3n) is 4.36. The Hall–Kier alpha value is -3.12. The lowest BCUT2D eigenvalue weighted by Crippen LogP contribution is -2.28. The van der Waals surface area contributed by atoms with Gasteiger partial charge in [0, 0.05) is 34.2 Å². The molecule has 29 heavy (non-hydrogen) atoms. The van der Waals surface area contributed by atoms with E-state index in [1.807, 2.05) is 0 Å². The summed E-state index contributed by atoms with van der Waals surface area (Å²) in [7, 11) is 1.32. The van der Waals surface area contributed by atoms with Crippen molar-refractivity contribution in [1.82, 2.24) is 19.3 Å². The van der Waals surface area contributed by atoms with Gasteiger partial charge in [0.1, 0.15) is 22.5 Å². The summed E-state index contributed by atoms with van der Waals surface area (Å²) in [5.74, 6) is 0.677. The van der Waals surface area contributed by atoms with Crippen LogP contribution in [0.5, 0.6) is 0 Å². The van der Waals surface area contributed by atoms with Crippen LogP contribution in [0.15, 0.2) is 29.2 Å². The number of nitrogens with two attached hydrogens (primary N) is 1. The number of hydrogen-bond acceptors (Lipinski definition) is 8. The molecule has 0 radical (unpaired) electrons. The Balaban J connectivity index is 1.94. The first-order valence-corrected chi connectivity index (χ1v) is 10.3. The molecule has 0 amide bonds. The number of benzene rings is 1. The first-order chi connectivity index (χ1) is 13.8. The van der Waals surface area contributed by atoms with Crippen molar-refractivity contribution >= 4 is 44.3 Å². The zero-order valence-electron chi connectivity index (χ0n) is 16.2. The van der Waals surface area contributed by atoms with Gasteiger partial charge in [0.2, 0.25) is 16.0 Å². The molecule has 0 saturated heterocycles. The van der Waals surface area contributed by atoms with Crippen molar-refractivity contribution < 1.29 is 12.8 Å². The van der Waals surface area contributed by atoms with Crippen LogP contribution in [0.2, 0.25) is 0 Å². The van der Waals surface area contributed by atoms with Gasteiger partial charge in [-0.1, -0.05) is 6.07 Å². The predicted molar refractivity (Wildman–Crippen MR) is 112 cm³/mol. The molecule has 2 aromatic heterocycles. The average Bonchev–Trinajstić information content (AvgIpc) is 3.07. The minimum Gasteiger partial charge on any atom is -0.383 e. The summed E-state index contributed by atoms with van der Waals surface area (Å²) in [6, 6.07) is 4.84. The highest BCUT2D eigenvalue weighted by atomic mass is 32.2. The quantitative estimate of drug-likeness (QED) is 0.366. The Morgan fingerprint density at radius 3 is 2.52 bits per heavy atom. The zero-order chi connectivity index (χ0) is 21.2. The number of nitrogen functional groups attached to an aromatic ring is 1. The van der Waals surface area contributed by atoms with Gasteiger partial charge in [0.05, 0.1) is 4.90 Å². The molecule has 6 N–H and O–H groups in total. The standard InChI is InChI=1S/C17H23FN8O2S/c1-20-13-14-12(15(19)25-16(13)21-2)24-17(22-3)26(14)8-7-23-29(27,28)11-6-4-5-10(18)9-11/h4-6,9,20,23H,7-8H2,1-3H3,(H,22,24)(H3,19,21,25). The third kappa shape index (κ3) is 3.89. The van der Waals surface area contributed by atoms with Crippen molar-refractivity contribution in [3.05, 3.63) is 30.1 Å². The number of hydrogen-bond donors (Lipinski definition) is 5. The van der Waals surface area contributed by atoms with Crippen LogP contribution in [-0.4, -0.2) is 50.6 Å². The van der Waals surface area contributed by atoms with Crippen molar-refractivity contribution in [3.8, 4) is 0 Å². The van der Waals surface area contributed by atoms with Crippen molar-refractivity contribution in [1.29, 1.82) is 0 Å². The van der Waals surface area contributed by atoms with E-state index in [9.17, 15) is 12.8 Å². The number of rotatable bonds is 8. The molecular weight excluding hydrogens is 399 g/mol. The number of sulfonamides is 1. The molecular formula is C17H23FN8O2S. The van der Waals surface area contributed by atoms with Crippen molar-refractivity contribution in [2.75, 3.05) is 49.4 Å². The summed E-state index contributed by atoms with van der Waals surface area (Å²) < 4.78 is 42.5. The van der Waals surface area contributed by atoms with E-state index in [0.29, 0.717) is 28.5 Å². The monoisotopic (exact) mass is 422 g/mol. The van der Waals surface area contributed by atoms with Gasteiger partial charge in [-0.2, -0.15) is 0 Å². The minimum atomic E-state index is -3.85. The molecule has 0 aliphatic rings. The molecule has 3 aromatic rings. The van der Waals surface area contributed by atoms with Gasteiger partial charge in [-0.15, -0.1) is 0 Å². The van der Waals surface area contributed by atoms with Crippen molar-refractivity contribution in [2.45, 2.75) is 11.4 Å². The number of imidazole rings is 1. The molecule has 156 valence electrons. The van der Waals surface area contributed by atoms with E-state index in [-0.39, 0.29) is 23.8 Å². The molecule has 0 unspecified atom stereocenters. The highest BCUT2D eigenvalue weighted by Gasteiger charge is 2.21. The van der Waals surface area contributed by atoms with Crippen LogP contribution in [0.1, 0.15) is 0 Å². The molecule has 0 spiro atoms. The summed E-state index contributed by atoms with van der Waals surface area (Å²) in [5.41, 5.74) is 7.90. The normalized spacial score (nSPS) is 11.6. The molecule has 0 aliphatic heterocycles. The molecule has 3 rings (SSSR count). The van der Waals surface area contributed by atoms with Crippen LogP contribution < -0.4 is 26.4 Å². The Morgan fingerprint density at radius 1 is 1.14 bits per heavy atom. The van der Waals surface area contributed by atoms with E-state index in [1.165, 1.54) is 18.2 Å². The molecule has 12 heteroatoms. The van der Waals surface area contributed by atoms with Crippen LogP contribution in [0, 0.1) is 5.82 Å². The summed E-state index contributed by atoms with van der Waals surface area (Å²) in [5, 5.41) is 9.04. The minimum absolute atomic E-state index is 0.0548. The maximum absolute atomic E-state index is 13.4. The molecule has 0 bridgehead atoms. The fourth-order valence-electron chi connectivity index (χ4n) is 3.06. The van der Waals surface area contributed by atoms with Crippen molar-refractivity contribution in [2.24, 2.45) is 0 Å². The Bertz CT molecular complexity index is 1150. The van der Waals surface area contributed by atoms with Gasteiger partial charge in [-0.25, -0.2) is 27.5 Å². The molecule has 0 fully saturated rings. The smallest absolute Gasteiger partial charge is 0.240 e. The lowest BCUT2D eigenvalue weighted by molar-refractivity contribution is 0.571. The first kappa shape index (κ1) is 20.6. The number of aromatic nitrogens is 3.